The van der Waals surface area contributed by atoms with Crippen molar-refractivity contribution in [2.24, 2.45) is 0 Å². The molecule has 0 aliphatic heterocycles. The number of esters is 1. The highest BCUT2D eigenvalue weighted by molar-refractivity contribution is 7.57. The second-order valence-electron chi connectivity index (χ2n) is 12.0. The van der Waals surface area contributed by atoms with Crippen molar-refractivity contribution < 1.29 is 28.5 Å². The lowest BCUT2D eigenvalue weighted by atomic mass is 9.93. The van der Waals surface area contributed by atoms with E-state index < -0.39 is 19.5 Å². The zero-order valence-corrected chi connectivity index (χ0v) is 28.3. The number of aromatic hydroxyl groups is 1. The summed E-state index contributed by atoms with van der Waals surface area (Å²) in [6, 6.07) is 22.0. The quantitative estimate of drug-likeness (QED) is 0.106. The highest BCUT2D eigenvalue weighted by Crippen LogP contribution is 2.46. The Bertz CT molecular complexity index is 1650. The van der Waals surface area contributed by atoms with Gasteiger partial charge in [0.1, 0.15) is 29.4 Å². The molecule has 0 amide bonds. The molecule has 0 aliphatic carbocycles. The maximum absolute atomic E-state index is 14.4. The number of carbonyl (C=O) groups excluding carboxylic acids is 1. The predicted molar refractivity (Wildman–Crippen MR) is 182 cm³/mol. The van der Waals surface area contributed by atoms with Crippen LogP contribution in [0.4, 0.5) is 0 Å². The first-order valence-electron chi connectivity index (χ1n) is 15.7. The molecule has 8 heteroatoms. The molecule has 2 N–H and O–H groups in total. The maximum Gasteiger partial charge on any atom is 0.354 e. The third-order valence-electron chi connectivity index (χ3n) is 8.10. The van der Waals surface area contributed by atoms with Crippen molar-refractivity contribution in [3.63, 3.8) is 0 Å². The number of hydrogen-bond acceptors (Lipinski definition) is 6. The lowest BCUT2D eigenvalue weighted by molar-refractivity contribution is -0.151. The topological polar surface area (TPSA) is 94.1 Å². The Hall–Kier alpha value is -3.80. The molecule has 0 radical (unpaired) electrons. The minimum Gasteiger partial charge on any atom is -0.508 e. The van der Waals surface area contributed by atoms with Crippen LogP contribution < -0.4 is 14.3 Å². The summed E-state index contributed by atoms with van der Waals surface area (Å²) in [5, 5.41) is 14.9. The summed E-state index contributed by atoms with van der Waals surface area (Å²) in [7, 11) is -3.79. The van der Waals surface area contributed by atoms with E-state index in [0.717, 1.165) is 38.6 Å². The molecule has 0 saturated heterocycles. The van der Waals surface area contributed by atoms with Crippen LogP contribution in [0.3, 0.4) is 0 Å². The van der Waals surface area contributed by atoms with Gasteiger partial charge in [-0.15, -0.1) is 0 Å². The minimum absolute atomic E-state index is 0.209. The van der Waals surface area contributed by atoms with Gasteiger partial charge in [0.2, 0.25) is 0 Å². The summed E-state index contributed by atoms with van der Waals surface area (Å²) in [5.41, 5.74) is 5.26. The fourth-order valence-corrected chi connectivity index (χ4v) is 7.12. The molecule has 4 aromatic rings. The van der Waals surface area contributed by atoms with Crippen molar-refractivity contribution in [2.45, 2.75) is 85.8 Å². The molecule has 4 rings (SSSR count). The molecule has 0 aromatic heterocycles. The van der Waals surface area contributed by atoms with Gasteiger partial charge in [0.05, 0.1) is 0 Å². The number of aryl methyl sites for hydroxylation is 2. The SMILES string of the molecule is CCC(CC)OC(=O)[C@H](C)N[P@](=O)(COc1cc(C)c(Cc2ccc(O)c(C(C)C)c2)c(C)c1)Oc1cccc2ccccc12. The summed E-state index contributed by atoms with van der Waals surface area (Å²) in [4.78, 5) is 12.9. The summed E-state index contributed by atoms with van der Waals surface area (Å²) in [5.74, 6) is 1.03. The Morgan fingerprint density at radius 2 is 1.58 bits per heavy atom. The highest BCUT2D eigenvalue weighted by Gasteiger charge is 2.33. The average Bonchev–Trinajstić information content (AvgIpc) is 3.01. The number of rotatable bonds is 14. The first-order chi connectivity index (χ1) is 21.4. The zero-order valence-electron chi connectivity index (χ0n) is 27.4. The van der Waals surface area contributed by atoms with Gasteiger partial charge in [-0.2, -0.15) is 0 Å². The van der Waals surface area contributed by atoms with Crippen LogP contribution in [0, 0.1) is 13.8 Å². The second kappa shape index (κ2) is 15.0. The van der Waals surface area contributed by atoms with Crippen molar-refractivity contribution in [3.8, 4) is 17.2 Å². The Balaban J connectivity index is 1.58. The van der Waals surface area contributed by atoms with Gasteiger partial charge >= 0.3 is 13.5 Å². The molecule has 0 aliphatic rings. The predicted octanol–water partition coefficient (Wildman–Crippen LogP) is 9.19. The van der Waals surface area contributed by atoms with Gasteiger partial charge in [0.25, 0.3) is 0 Å². The zero-order chi connectivity index (χ0) is 32.7. The number of phenolic OH excluding ortho intramolecular Hbond substituents is 1. The van der Waals surface area contributed by atoms with E-state index in [2.05, 4.69) is 25.0 Å². The molecule has 0 fully saturated rings. The monoisotopic (exact) mass is 631 g/mol. The average molecular weight is 632 g/mol. The fourth-order valence-electron chi connectivity index (χ4n) is 5.45. The van der Waals surface area contributed by atoms with Gasteiger partial charge in [-0.3, -0.25) is 9.36 Å². The van der Waals surface area contributed by atoms with Gasteiger partial charge in [-0.05, 0) is 103 Å². The molecular weight excluding hydrogens is 585 g/mol. The summed E-state index contributed by atoms with van der Waals surface area (Å²) in [6.07, 6.45) is 1.59. The number of carbonyl (C=O) groups is 1. The van der Waals surface area contributed by atoms with E-state index in [9.17, 15) is 14.5 Å². The summed E-state index contributed by atoms with van der Waals surface area (Å²) >= 11 is 0. The Morgan fingerprint density at radius 3 is 2.24 bits per heavy atom. The third kappa shape index (κ3) is 8.68. The third-order valence-corrected chi connectivity index (χ3v) is 9.84. The maximum atomic E-state index is 14.4. The molecule has 45 heavy (non-hydrogen) atoms. The van der Waals surface area contributed by atoms with E-state index in [1.165, 1.54) is 0 Å². The van der Waals surface area contributed by atoms with Crippen LogP contribution in [0.15, 0.2) is 72.8 Å². The van der Waals surface area contributed by atoms with Crippen molar-refractivity contribution in [3.05, 3.63) is 101 Å². The summed E-state index contributed by atoms with van der Waals surface area (Å²) < 4.78 is 32.4. The van der Waals surface area contributed by atoms with Crippen molar-refractivity contribution in [1.82, 2.24) is 5.09 Å². The number of benzene rings is 4. The van der Waals surface area contributed by atoms with Crippen LogP contribution in [0.5, 0.6) is 17.2 Å². The van der Waals surface area contributed by atoms with Crippen LogP contribution >= 0.6 is 7.52 Å². The number of fused-ring (bicyclic) bond motifs is 1. The molecule has 2 atom stereocenters. The molecule has 0 bridgehead atoms. The molecule has 0 spiro atoms. The smallest absolute Gasteiger partial charge is 0.354 e. The van der Waals surface area contributed by atoms with Gasteiger partial charge in [0.15, 0.2) is 6.35 Å². The lowest BCUT2D eigenvalue weighted by Gasteiger charge is -2.25. The van der Waals surface area contributed by atoms with E-state index in [4.69, 9.17) is 14.0 Å². The van der Waals surface area contributed by atoms with Crippen LogP contribution in [0.25, 0.3) is 10.8 Å². The van der Waals surface area contributed by atoms with Crippen LogP contribution in [-0.2, 0) is 20.5 Å². The van der Waals surface area contributed by atoms with E-state index in [1.807, 2.05) is 82.3 Å². The molecule has 7 nitrogen and oxygen atoms in total. The Labute approximate surface area is 267 Å². The van der Waals surface area contributed by atoms with E-state index in [-0.39, 0.29) is 18.4 Å². The van der Waals surface area contributed by atoms with Crippen LogP contribution in [0.2, 0.25) is 0 Å². The largest absolute Gasteiger partial charge is 0.508 e. The number of nitrogens with one attached hydrogen (secondary N) is 1. The highest BCUT2D eigenvalue weighted by atomic mass is 31.2. The molecule has 0 saturated carbocycles. The fraction of sp³-hybridized carbons (Fsp3) is 0.378. The molecule has 240 valence electrons. The normalized spacial score (nSPS) is 13.5. The Kier molecular flexibility index (Phi) is 11.4. The summed E-state index contributed by atoms with van der Waals surface area (Å²) in [6.45, 7) is 13.7. The molecule has 4 aromatic carbocycles. The van der Waals surface area contributed by atoms with E-state index in [1.54, 1.807) is 19.1 Å². The van der Waals surface area contributed by atoms with Gasteiger partial charge in [-0.1, -0.05) is 76.2 Å². The number of hydrogen-bond donors (Lipinski definition) is 2. The van der Waals surface area contributed by atoms with E-state index in [0.29, 0.717) is 36.5 Å². The van der Waals surface area contributed by atoms with Crippen molar-refractivity contribution in [1.29, 1.82) is 0 Å². The van der Waals surface area contributed by atoms with E-state index >= 15 is 0 Å². The molecule has 0 heterocycles. The first kappa shape index (κ1) is 34.1. The van der Waals surface area contributed by atoms with Gasteiger partial charge < -0.3 is 19.1 Å². The molecular formula is C37H46NO6P. The Morgan fingerprint density at radius 1 is 0.911 bits per heavy atom. The minimum atomic E-state index is -3.79. The van der Waals surface area contributed by atoms with Gasteiger partial charge in [-0.25, -0.2) is 5.09 Å². The number of phenols is 1. The van der Waals surface area contributed by atoms with Crippen molar-refractivity contribution in [2.75, 3.05) is 6.35 Å². The number of ether oxygens (including phenoxy) is 2. The van der Waals surface area contributed by atoms with Crippen LogP contribution in [0.1, 0.15) is 81.2 Å². The second-order valence-corrected chi connectivity index (χ2v) is 14.0. The lowest BCUT2D eigenvalue weighted by Crippen LogP contribution is -2.37. The van der Waals surface area contributed by atoms with Crippen molar-refractivity contribution >= 4 is 24.3 Å². The van der Waals surface area contributed by atoms with Crippen LogP contribution in [-0.4, -0.2) is 29.6 Å². The first-order valence-corrected chi connectivity index (χ1v) is 17.5. The van der Waals surface area contributed by atoms with Gasteiger partial charge in [0, 0.05) is 5.39 Å². The standard InChI is InChI=1S/C37H46NO6P/c1-8-30(9-2)43-37(40)27(7)38-45(41,44-36-16-12-14-29-13-10-11-15-32(29)36)23-42-31-19-25(5)34(26(6)20-31)22-28-17-18-35(39)33(21-28)24(3)4/h10-21,24,27,30,39H,8-9,22-23H2,1-7H3,(H,38,41)/t27-,45-/m0/s1. The molecule has 0 unspecified atom stereocenters.